The van der Waals surface area contributed by atoms with Crippen LogP contribution in [0.3, 0.4) is 0 Å². The molecule has 0 aromatic heterocycles. The first kappa shape index (κ1) is 14.3. The fourth-order valence-corrected chi connectivity index (χ4v) is 1.39. The summed E-state index contributed by atoms with van der Waals surface area (Å²) in [6.07, 6.45) is 1.74. The molecular weight excluding hydrogens is 220 g/mol. The van der Waals surface area contributed by atoms with Crippen molar-refractivity contribution in [2.75, 3.05) is 25.9 Å². The predicted molar refractivity (Wildman–Crippen MR) is 57.1 cm³/mol. The van der Waals surface area contributed by atoms with Gasteiger partial charge in [-0.25, -0.2) is 13.1 Å². The molecule has 0 rings (SSSR count). The Labute approximate surface area is 90.1 Å². The van der Waals surface area contributed by atoms with Crippen molar-refractivity contribution < 1.29 is 18.3 Å². The number of carbonyl (C=O) groups is 1. The molecule has 0 saturated carbocycles. The minimum Gasteiger partial charge on any atom is -0.481 e. The summed E-state index contributed by atoms with van der Waals surface area (Å²) in [7, 11) is -3.11. The minimum absolute atomic E-state index is 0.368. The van der Waals surface area contributed by atoms with Gasteiger partial charge < -0.3 is 10.4 Å². The Morgan fingerprint density at radius 1 is 1.40 bits per heavy atom. The van der Waals surface area contributed by atoms with Gasteiger partial charge in [0.2, 0.25) is 10.0 Å². The summed E-state index contributed by atoms with van der Waals surface area (Å²) in [6, 6.07) is 0. The van der Waals surface area contributed by atoms with Gasteiger partial charge in [-0.2, -0.15) is 0 Å². The van der Waals surface area contributed by atoms with E-state index in [9.17, 15) is 13.2 Å². The third-order valence-corrected chi connectivity index (χ3v) is 2.50. The second-order valence-electron chi connectivity index (χ2n) is 3.46. The summed E-state index contributed by atoms with van der Waals surface area (Å²) in [5, 5.41) is 11.5. The topological polar surface area (TPSA) is 95.5 Å². The molecule has 7 heteroatoms. The standard InChI is InChI=1S/C8H18N2O4S/c1-7(8(11)12)6-9-4-3-5-10-15(2,13)14/h7,9-10H,3-6H2,1-2H3,(H,11,12). The molecular formula is C8H18N2O4S. The summed E-state index contributed by atoms with van der Waals surface area (Å²) < 4.78 is 23.7. The van der Waals surface area contributed by atoms with E-state index in [-0.39, 0.29) is 0 Å². The highest BCUT2D eigenvalue weighted by molar-refractivity contribution is 7.88. The molecule has 0 spiro atoms. The highest BCUT2D eigenvalue weighted by Crippen LogP contribution is 1.91. The van der Waals surface area contributed by atoms with Crippen LogP contribution in [0.4, 0.5) is 0 Å². The lowest BCUT2D eigenvalue weighted by Gasteiger charge is -2.07. The normalized spacial score (nSPS) is 13.7. The summed E-state index contributed by atoms with van der Waals surface area (Å²) in [5.41, 5.74) is 0. The van der Waals surface area contributed by atoms with E-state index in [1.807, 2.05) is 0 Å². The van der Waals surface area contributed by atoms with E-state index in [2.05, 4.69) is 10.0 Å². The highest BCUT2D eigenvalue weighted by Gasteiger charge is 2.09. The van der Waals surface area contributed by atoms with Gasteiger partial charge in [-0.05, 0) is 13.0 Å². The van der Waals surface area contributed by atoms with Gasteiger partial charge in [0, 0.05) is 13.1 Å². The lowest BCUT2D eigenvalue weighted by atomic mass is 10.2. The molecule has 0 aliphatic heterocycles. The summed E-state index contributed by atoms with van der Waals surface area (Å²) in [6.45, 7) is 2.98. The number of carboxylic acids is 1. The smallest absolute Gasteiger partial charge is 0.307 e. The van der Waals surface area contributed by atoms with Crippen LogP contribution >= 0.6 is 0 Å². The molecule has 3 N–H and O–H groups in total. The van der Waals surface area contributed by atoms with E-state index < -0.39 is 21.9 Å². The molecule has 0 bridgehead atoms. The molecule has 0 fully saturated rings. The van der Waals surface area contributed by atoms with Gasteiger partial charge in [0.15, 0.2) is 0 Å². The van der Waals surface area contributed by atoms with Gasteiger partial charge in [-0.3, -0.25) is 4.79 Å². The molecule has 6 nitrogen and oxygen atoms in total. The number of hydrogen-bond donors (Lipinski definition) is 3. The van der Waals surface area contributed by atoms with Gasteiger partial charge in [-0.15, -0.1) is 0 Å². The second-order valence-corrected chi connectivity index (χ2v) is 5.30. The molecule has 0 aromatic rings. The third-order valence-electron chi connectivity index (χ3n) is 1.77. The minimum atomic E-state index is -3.11. The molecule has 0 aromatic carbocycles. The first-order valence-electron chi connectivity index (χ1n) is 4.71. The Morgan fingerprint density at radius 3 is 2.47 bits per heavy atom. The highest BCUT2D eigenvalue weighted by atomic mass is 32.2. The zero-order valence-electron chi connectivity index (χ0n) is 8.99. The number of sulfonamides is 1. The Balaban J connectivity index is 3.37. The van der Waals surface area contributed by atoms with Crippen LogP contribution in [-0.4, -0.2) is 45.4 Å². The Hall–Kier alpha value is -0.660. The van der Waals surface area contributed by atoms with E-state index >= 15 is 0 Å². The maximum absolute atomic E-state index is 10.7. The molecule has 1 atom stereocenters. The first-order chi connectivity index (χ1) is 6.83. The number of carboxylic acid groups (broad SMARTS) is 1. The summed E-state index contributed by atoms with van der Waals surface area (Å²) in [5.74, 6) is -1.26. The second kappa shape index (κ2) is 6.76. The van der Waals surface area contributed by atoms with Gasteiger partial charge in [0.05, 0.1) is 12.2 Å². The van der Waals surface area contributed by atoms with Crippen molar-refractivity contribution in [2.24, 2.45) is 5.92 Å². The molecule has 0 saturated heterocycles. The Kier molecular flexibility index (Phi) is 6.46. The average molecular weight is 238 g/mol. The maximum atomic E-state index is 10.7. The third kappa shape index (κ3) is 9.64. The van der Waals surface area contributed by atoms with Crippen LogP contribution in [0.2, 0.25) is 0 Å². The first-order valence-corrected chi connectivity index (χ1v) is 6.60. The van der Waals surface area contributed by atoms with E-state index in [0.29, 0.717) is 26.1 Å². The molecule has 0 aliphatic carbocycles. The van der Waals surface area contributed by atoms with Crippen LogP contribution in [0, 0.1) is 5.92 Å². The van der Waals surface area contributed by atoms with E-state index in [1.54, 1.807) is 6.92 Å². The number of aliphatic carboxylic acids is 1. The van der Waals surface area contributed by atoms with Gasteiger partial charge in [0.1, 0.15) is 0 Å². The number of nitrogens with one attached hydrogen (secondary N) is 2. The van der Waals surface area contributed by atoms with E-state index in [0.717, 1.165) is 6.26 Å². The van der Waals surface area contributed by atoms with Gasteiger partial charge >= 0.3 is 5.97 Å². The molecule has 0 aliphatic rings. The molecule has 0 heterocycles. The summed E-state index contributed by atoms with van der Waals surface area (Å²) >= 11 is 0. The van der Waals surface area contributed by atoms with Crippen LogP contribution in [0.5, 0.6) is 0 Å². The van der Waals surface area contributed by atoms with E-state index in [4.69, 9.17) is 5.11 Å². The van der Waals surface area contributed by atoms with Crippen molar-refractivity contribution in [1.82, 2.24) is 10.0 Å². The zero-order chi connectivity index (χ0) is 11.9. The molecule has 90 valence electrons. The number of hydrogen-bond acceptors (Lipinski definition) is 4. The Morgan fingerprint density at radius 2 is 2.00 bits per heavy atom. The molecule has 15 heavy (non-hydrogen) atoms. The SMILES string of the molecule is CC(CNCCCNS(C)(=O)=O)C(=O)O. The lowest BCUT2D eigenvalue weighted by molar-refractivity contribution is -0.140. The van der Waals surface area contributed by atoms with Crippen LogP contribution in [0.25, 0.3) is 0 Å². The Bertz CT molecular complexity index is 289. The largest absolute Gasteiger partial charge is 0.481 e. The van der Waals surface area contributed by atoms with Crippen molar-refractivity contribution in [3.05, 3.63) is 0 Å². The summed E-state index contributed by atoms with van der Waals surface area (Å²) in [4.78, 5) is 10.4. The molecule has 1 unspecified atom stereocenters. The zero-order valence-corrected chi connectivity index (χ0v) is 9.80. The van der Waals surface area contributed by atoms with E-state index in [1.165, 1.54) is 0 Å². The van der Waals surface area contributed by atoms with Gasteiger partial charge in [-0.1, -0.05) is 6.92 Å². The number of rotatable bonds is 8. The van der Waals surface area contributed by atoms with Crippen LogP contribution < -0.4 is 10.0 Å². The quantitative estimate of drug-likeness (QED) is 0.483. The van der Waals surface area contributed by atoms with Crippen molar-refractivity contribution in [3.63, 3.8) is 0 Å². The van der Waals surface area contributed by atoms with Crippen LogP contribution in [-0.2, 0) is 14.8 Å². The van der Waals surface area contributed by atoms with Gasteiger partial charge in [0.25, 0.3) is 0 Å². The maximum Gasteiger partial charge on any atom is 0.307 e. The molecule has 0 amide bonds. The average Bonchev–Trinajstić information content (AvgIpc) is 2.08. The van der Waals surface area contributed by atoms with Crippen LogP contribution in [0.15, 0.2) is 0 Å². The fraction of sp³-hybridized carbons (Fsp3) is 0.875. The van der Waals surface area contributed by atoms with Crippen molar-refractivity contribution in [2.45, 2.75) is 13.3 Å². The monoisotopic (exact) mass is 238 g/mol. The fourth-order valence-electron chi connectivity index (χ4n) is 0.877. The predicted octanol–water partition coefficient (Wildman–Crippen LogP) is -0.764. The lowest BCUT2D eigenvalue weighted by Crippen LogP contribution is -2.30. The van der Waals surface area contributed by atoms with Crippen LogP contribution in [0.1, 0.15) is 13.3 Å². The van der Waals surface area contributed by atoms with Crippen molar-refractivity contribution >= 4 is 16.0 Å². The molecule has 0 radical (unpaired) electrons. The van der Waals surface area contributed by atoms with Crippen molar-refractivity contribution in [1.29, 1.82) is 0 Å². The van der Waals surface area contributed by atoms with Crippen molar-refractivity contribution in [3.8, 4) is 0 Å².